The van der Waals surface area contributed by atoms with E-state index in [9.17, 15) is 5.26 Å². The summed E-state index contributed by atoms with van der Waals surface area (Å²) in [7, 11) is 0. The normalized spacial score (nSPS) is 13.0. The van der Waals surface area contributed by atoms with Gasteiger partial charge in [0.1, 0.15) is 17.6 Å². The predicted molar refractivity (Wildman–Crippen MR) is 117 cm³/mol. The van der Waals surface area contributed by atoms with E-state index in [2.05, 4.69) is 65.2 Å². The molecule has 0 N–H and O–H groups in total. The van der Waals surface area contributed by atoms with Crippen LogP contribution in [0.3, 0.4) is 0 Å². The van der Waals surface area contributed by atoms with Crippen LogP contribution in [0.5, 0.6) is 11.5 Å². The van der Waals surface area contributed by atoms with Crippen LogP contribution < -0.4 is 21.1 Å². The molecule has 2 aliphatic rings. The standard InChI is InChI=1S/C25H13BN2O/c27-14-15-6-3-10-19-25(15)29-22-13-5-12-21-23(22)26(19)18-9-4-8-17-16-7-1-2-11-20(16)28(21)24(17)18/h1-13H. The molecule has 2 aliphatic heterocycles. The first-order valence-corrected chi connectivity index (χ1v) is 9.73. The molecule has 3 nitrogen and oxygen atoms in total. The Hall–Kier alpha value is -3.97. The summed E-state index contributed by atoms with van der Waals surface area (Å²) >= 11 is 0. The van der Waals surface area contributed by atoms with Crippen LogP contribution in [-0.4, -0.2) is 11.3 Å². The lowest BCUT2D eigenvalue weighted by molar-refractivity contribution is 0.485. The Kier molecular flexibility index (Phi) is 2.64. The van der Waals surface area contributed by atoms with Crippen LogP contribution in [0.2, 0.25) is 0 Å². The van der Waals surface area contributed by atoms with Gasteiger partial charge in [-0.05, 0) is 40.7 Å². The van der Waals surface area contributed by atoms with Crippen LogP contribution in [0, 0.1) is 11.3 Å². The van der Waals surface area contributed by atoms with E-state index in [4.69, 9.17) is 4.74 Å². The zero-order valence-electron chi connectivity index (χ0n) is 15.4. The summed E-state index contributed by atoms with van der Waals surface area (Å²) < 4.78 is 8.68. The number of hydrogen-bond donors (Lipinski definition) is 0. The number of para-hydroxylation sites is 3. The Morgan fingerprint density at radius 3 is 2.52 bits per heavy atom. The van der Waals surface area contributed by atoms with E-state index in [1.165, 1.54) is 32.7 Å². The first kappa shape index (κ1) is 15.0. The largest absolute Gasteiger partial charge is 0.457 e. The van der Waals surface area contributed by atoms with Crippen molar-refractivity contribution in [3.63, 3.8) is 0 Å². The molecule has 29 heavy (non-hydrogen) atoms. The van der Waals surface area contributed by atoms with Crippen LogP contribution in [0.1, 0.15) is 5.56 Å². The monoisotopic (exact) mass is 368 g/mol. The van der Waals surface area contributed by atoms with Gasteiger partial charge in [-0.1, -0.05) is 54.6 Å². The molecule has 0 atom stereocenters. The number of ether oxygens (including phenoxy) is 1. The van der Waals surface area contributed by atoms with Crippen molar-refractivity contribution in [2.45, 2.75) is 0 Å². The Morgan fingerprint density at radius 1 is 0.793 bits per heavy atom. The molecule has 0 fully saturated rings. The number of nitrogens with zero attached hydrogens (tertiary/aromatic N) is 2. The number of aromatic nitrogens is 1. The highest BCUT2D eigenvalue weighted by Crippen LogP contribution is 2.37. The number of fused-ring (bicyclic) bond motifs is 7. The van der Waals surface area contributed by atoms with Gasteiger partial charge in [0.2, 0.25) is 0 Å². The molecule has 0 saturated carbocycles. The highest BCUT2D eigenvalue weighted by Gasteiger charge is 2.40. The van der Waals surface area contributed by atoms with Crippen molar-refractivity contribution in [3.05, 3.63) is 84.4 Å². The summed E-state index contributed by atoms with van der Waals surface area (Å²) in [6.07, 6.45) is 0. The molecule has 0 unspecified atom stereocenters. The molecule has 4 heteroatoms. The van der Waals surface area contributed by atoms with Crippen molar-refractivity contribution in [1.29, 1.82) is 5.26 Å². The summed E-state index contributed by atoms with van der Waals surface area (Å²) in [5.41, 5.74) is 7.70. The summed E-state index contributed by atoms with van der Waals surface area (Å²) in [4.78, 5) is 0. The highest BCUT2D eigenvalue weighted by atomic mass is 16.5. The van der Waals surface area contributed by atoms with Gasteiger partial charge in [-0.25, -0.2) is 0 Å². The number of hydrogen-bond acceptors (Lipinski definition) is 2. The minimum Gasteiger partial charge on any atom is -0.457 e. The first-order chi connectivity index (χ1) is 14.4. The Bertz CT molecular complexity index is 1560. The van der Waals surface area contributed by atoms with E-state index < -0.39 is 0 Å². The molecule has 0 spiro atoms. The van der Waals surface area contributed by atoms with Gasteiger partial charge in [-0.15, -0.1) is 0 Å². The third kappa shape index (κ3) is 1.69. The van der Waals surface area contributed by atoms with Crippen LogP contribution in [0.4, 0.5) is 0 Å². The molecule has 0 saturated heterocycles. The minimum atomic E-state index is 0.0544. The van der Waals surface area contributed by atoms with Gasteiger partial charge in [0.15, 0.2) is 0 Å². The van der Waals surface area contributed by atoms with Gasteiger partial charge in [0, 0.05) is 22.0 Å². The maximum atomic E-state index is 9.64. The first-order valence-electron chi connectivity index (χ1n) is 9.73. The van der Waals surface area contributed by atoms with Crippen molar-refractivity contribution in [1.82, 2.24) is 4.57 Å². The van der Waals surface area contributed by atoms with Crippen LogP contribution >= 0.6 is 0 Å². The van der Waals surface area contributed by atoms with Gasteiger partial charge >= 0.3 is 0 Å². The molecule has 3 heterocycles. The molecule has 132 valence electrons. The molecule has 0 amide bonds. The van der Waals surface area contributed by atoms with Gasteiger partial charge in [0.25, 0.3) is 6.71 Å². The summed E-state index contributed by atoms with van der Waals surface area (Å²) in [6.45, 7) is 0.0544. The quantitative estimate of drug-likeness (QED) is 0.384. The Morgan fingerprint density at radius 2 is 1.59 bits per heavy atom. The summed E-state index contributed by atoms with van der Waals surface area (Å²) in [5.74, 6) is 1.52. The van der Waals surface area contributed by atoms with E-state index in [0.29, 0.717) is 11.3 Å². The third-order valence-electron chi connectivity index (χ3n) is 6.30. The molecule has 0 radical (unpaired) electrons. The lowest BCUT2D eigenvalue weighted by Crippen LogP contribution is -2.58. The number of nitriles is 1. The maximum absolute atomic E-state index is 9.64. The molecule has 5 aromatic rings. The second-order valence-electron chi connectivity index (χ2n) is 7.66. The van der Waals surface area contributed by atoms with Crippen molar-refractivity contribution < 1.29 is 4.74 Å². The van der Waals surface area contributed by atoms with Gasteiger partial charge in [0.05, 0.1) is 11.1 Å². The summed E-state index contributed by atoms with van der Waals surface area (Å²) in [6, 6.07) is 29.6. The zero-order chi connectivity index (χ0) is 19.1. The zero-order valence-corrected chi connectivity index (χ0v) is 15.4. The maximum Gasteiger partial charge on any atom is 0.256 e. The Labute approximate surface area is 167 Å². The smallest absolute Gasteiger partial charge is 0.256 e. The minimum absolute atomic E-state index is 0.0544. The van der Waals surface area contributed by atoms with E-state index in [1.54, 1.807) is 0 Å². The number of benzene rings is 4. The second kappa shape index (κ2) is 5.09. The van der Waals surface area contributed by atoms with Crippen molar-refractivity contribution in [2.75, 3.05) is 0 Å². The molecule has 7 rings (SSSR count). The molecular weight excluding hydrogens is 355 g/mol. The average molecular weight is 368 g/mol. The lowest BCUT2D eigenvalue weighted by atomic mass is 9.34. The fourth-order valence-electron chi connectivity index (χ4n) is 5.21. The van der Waals surface area contributed by atoms with Crippen LogP contribution in [0.15, 0.2) is 78.9 Å². The second-order valence-corrected chi connectivity index (χ2v) is 7.66. The molecule has 0 bridgehead atoms. The van der Waals surface area contributed by atoms with Crippen LogP contribution in [0.25, 0.3) is 27.5 Å². The fourth-order valence-corrected chi connectivity index (χ4v) is 5.21. The van der Waals surface area contributed by atoms with Gasteiger partial charge < -0.3 is 9.30 Å². The van der Waals surface area contributed by atoms with E-state index in [-0.39, 0.29) is 6.71 Å². The lowest BCUT2D eigenvalue weighted by Gasteiger charge is -2.33. The summed E-state index contributed by atoms with van der Waals surface area (Å²) in [5, 5.41) is 12.2. The number of rotatable bonds is 0. The van der Waals surface area contributed by atoms with Crippen molar-refractivity contribution in [2.24, 2.45) is 0 Å². The average Bonchev–Trinajstić information content (AvgIpc) is 3.12. The third-order valence-corrected chi connectivity index (χ3v) is 6.30. The van der Waals surface area contributed by atoms with E-state index >= 15 is 0 Å². The molecule has 0 aliphatic carbocycles. The van der Waals surface area contributed by atoms with Crippen molar-refractivity contribution >= 4 is 44.9 Å². The van der Waals surface area contributed by atoms with E-state index in [0.717, 1.165) is 16.9 Å². The predicted octanol–water partition coefficient (Wildman–Crippen LogP) is 3.59. The highest BCUT2D eigenvalue weighted by molar-refractivity contribution is 6.99. The van der Waals surface area contributed by atoms with Crippen molar-refractivity contribution in [3.8, 4) is 23.3 Å². The van der Waals surface area contributed by atoms with Gasteiger partial charge in [-0.2, -0.15) is 5.26 Å². The van der Waals surface area contributed by atoms with Crippen LogP contribution in [-0.2, 0) is 0 Å². The van der Waals surface area contributed by atoms with E-state index in [1.807, 2.05) is 24.3 Å². The molecular formula is C25H13BN2O. The SMILES string of the molecule is N#Cc1cccc2c1Oc1cccc3c1B2c1cccc2c4ccccc4n-3c12. The fraction of sp³-hybridized carbons (Fsp3) is 0. The topological polar surface area (TPSA) is 37.9 Å². The van der Waals surface area contributed by atoms with Gasteiger partial charge in [-0.3, -0.25) is 0 Å². The molecule has 1 aromatic heterocycles. The molecule has 4 aromatic carbocycles. The Balaban J connectivity index is 1.73.